The molecule has 0 fully saturated rings. The number of anilines is 1. The summed E-state index contributed by atoms with van der Waals surface area (Å²) in [4.78, 5) is 31.5. The number of nitrogens with zero attached hydrogens (tertiary/aromatic N) is 2. The Labute approximate surface area is 198 Å². The highest BCUT2D eigenvalue weighted by Crippen LogP contribution is 2.30. The van der Waals surface area contributed by atoms with E-state index in [1.165, 1.54) is 7.11 Å². The van der Waals surface area contributed by atoms with Gasteiger partial charge in [0, 0.05) is 16.8 Å². The molecule has 1 amide bonds. The Kier molecular flexibility index (Phi) is 5.75. The summed E-state index contributed by atoms with van der Waals surface area (Å²) in [6, 6.07) is 32.6. The van der Waals surface area contributed by atoms with Gasteiger partial charge in [0.05, 0.1) is 19.2 Å². The highest BCUT2D eigenvalue weighted by molar-refractivity contribution is 6.19. The Balaban J connectivity index is 1.47. The molecule has 34 heavy (non-hydrogen) atoms. The smallest absolute Gasteiger partial charge is 0.337 e. The molecular weight excluding hydrogens is 424 g/mol. The largest absolute Gasteiger partial charge is 0.465 e. The number of carbonyl (C=O) groups excluding carboxylic acids is 2. The molecule has 5 heteroatoms. The van der Waals surface area contributed by atoms with E-state index >= 15 is 0 Å². The van der Waals surface area contributed by atoms with Gasteiger partial charge in [-0.15, -0.1) is 0 Å². The molecule has 1 aliphatic rings. The van der Waals surface area contributed by atoms with E-state index in [2.05, 4.69) is 4.99 Å². The van der Waals surface area contributed by atoms with Crippen LogP contribution in [0.5, 0.6) is 0 Å². The van der Waals surface area contributed by atoms with Crippen LogP contribution in [0.25, 0.3) is 11.1 Å². The zero-order chi connectivity index (χ0) is 23.5. The van der Waals surface area contributed by atoms with Crippen LogP contribution in [0.15, 0.2) is 108 Å². The van der Waals surface area contributed by atoms with Gasteiger partial charge in [-0.05, 0) is 53.1 Å². The highest BCUT2D eigenvalue weighted by atomic mass is 16.5. The van der Waals surface area contributed by atoms with E-state index in [1.807, 2.05) is 95.9 Å². The molecule has 5 nitrogen and oxygen atoms in total. The lowest BCUT2D eigenvalue weighted by Crippen LogP contribution is -2.25. The molecule has 1 heterocycles. The average molecular weight is 447 g/mol. The second-order valence-corrected chi connectivity index (χ2v) is 7.97. The molecular formula is C29H22N2O3. The predicted molar refractivity (Wildman–Crippen MR) is 133 cm³/mol. The first-order chi connectivity index (χ1) is 16.6. The number of benzene rings is 4. The molecule has 4 aromatic carbocycles. The number of fused-ring (bicyclic) bond motifs is 1. The van der Waals surface area contributed by atoms with Gasteiger partial charge in [-0.3, -0.25) is 4.79 Å². The second-order valence-electron chi connectivity index (χ2n) is 7.97. The summed E-state index contributed by atoms with van der Waals surface area (Å²) in [6.45, 7) is 0.590. The van der Waals surface area contributed by atoms with Crippen LogP contribution in [0.4, 0.5) is 5.69 Å². The molecule has 5 rings (SSSR count). The number of hydrogen-bond acceptors (Lipinski definition) is 3. The Hall–Kier alpha value is -4.51. The first-order valence-corrected chi connectivity index (χ1v) is 11.0. The maximum atomic E-state index is 13.1. The molecule has 1 aliphatic heterocycles. The van der Waals surface area contributed by atoms with Crippen molar-refractivity contribution in [2.24, 2.45) is 4.99 Å². The van der Waals surface area contributed by atoms with Crippen molar-refractivity contribution >= 4 is 23.4 Å². The molecule has 0 radical (unpaired) electrons. The van der Waals surface area contributed by atoms with E-state index in [4.69, 9.17) is 4.74 Å². The Morgan fingerprint density at radius 2 is 1.35 bits per heavy atom. The van der Waals surface area contributed by atoms with Gasteiger partial charge in [0.2, 0.25) is 0 Å². The molecule has 4 aromatic rings. The van der Waals surface area contributed by atoms with Crippen LogP contribution >= 0.6 is 0 Å². The van der Waals surface area contributed by atoms with Gasteiger partial charge in [0.25, 0.3) is 5.91 Å². The van der Waals surface area contributed by atoms with Crippen molar-refractivity contribution in [1.82, 2.24) is 0 Å². The van der Waals surface area contributed by atoms with Crippen LogP contribution in [-0.2, 0) is 11.3 Å². The van der Waals surface area contributed by atoms with Crippen molar-refractivity contribution in [3.05, 3.63) is 125 Å². The van der Waals surface area contributed by atoms with E-state index in [0.717, 1.165) is 27.9 Å². The van der Waals surface area contributed by atoms with E-state index in [9.17, 15) is 9.59 Å². The summed E-state index contributed by atoms with van der Waals surface area (Å²) in [5.74, 6) is -0.0969. The third-order valence-corrected chi connectivity index (χ3v) is 5.89. The maximum absolute atomic E-state index is 13.1. The van der Waals surface area contributed by atoms with E-state index < -0.39 is 0 Å². The quantitative estimate of drug-likeness (QED) is 0.375. The summed E-state index contributed by atoms with van der Waals surface area (Å²) in [5.41, 5.74) is 5.99. The number of amides is 1. The first kappa shape index (κ1) is 21.3. The molecule has 0 atom stereocenters. The van der Waals surface area contributed by atoms with E-state index in [-0.39, 0.29) is 11.9 Å². The number of carbonyl (C=O) groups is 2. The van der Waals surface area contributed by atoms with Gasteiger partial charge in [0.15, 0.2) is 0 Å². The summed E-state index contributed by atoms with van der Waals surface area (Å²) >= 11 is 0. The monoisotopic (exact) mass is 446 g/mol. The zero-order valence-electron chi connectivity index (χ0n) is 18.6. The summed E-state index contributed by atoms with van der Waals surface area (Å²) < 4.78 is 4.79. The fraction of sp³-hybridized carbons (Fsp3) is 0.0690. The summed E-state index contributed by atoms with van der Waals surface area (Å²) in [7, 11) is 1.36. The van der Waals surface area contributed by atoms with Crippen molar-refractivity contribution in [3.63, 3.8) is 0 Å². The molecule has 166 valence electrons. The fourth-order valence-corrected chi connectivity index (χ4v) is 4.09. The van der Waals surface area contributed by atoms with Gasteiger partial charge >= 0.3 is 5.97 Å². The number of ether oxygens (including phenoxy) is 1. The molecule has 0 aliphatic carbocycles. The van der Waals surface area contributed by atoms with Crippen molar-refractivity contribution in [2.45, 2.75) is 6.54 Å². The number of methoxy groups -OCH3 is 1. The van der Waals surface area contributed by atoms with Crippen LogP contribution in [0.1, 0.15) is 31.8 Å². The standard InChI is InChI=1S/C29H22N2O3/c1-34-29(33)23-15-17-25(18-16-23)31-19-24-9-5-6-10-26(24)27(31)30-28(32)22-13-11-21(12-14-22)20-7-3-2-4-8-20/h2-18H,19H2,1H3. The number of hydrogen-bond donors (Lipinski definition) is 0. The van der Waals surface area contributed by atoms with Gasteiger partial charge in [-0.1, -0.05) is 66.7 Å². The lowest BCUT2D eigenvalue weighted by atomic mass is 10.0. The summed E-state index contributed by atoms with van der Waals surface area (Å²) in [6.07, 6.45) is 0. The lowest BCUT2D eigenvalue weighted by Gasteiger charge is -2.19. The van der Waals surface area contributed by atoms with Crippen LogP contribution < -0.4 is 4.90 Å². The van der Waals surface area contributed by atoms with Crippen molar-refractivity contribution in [1.29, 1.82) is 0 Å². The molecule has 0 N–H and O–H groups in total. The van der Waals surface area contributed by atoms with Crippen LogP contribution in [-0.4, -0.2) is 24.8 Å². The Morgan fingerprint density at radius 3 is 2.06 bits per heavy atom. The van der Waals surface area contributed by atoms with Gasteiger partial charge < -0.3 is 9.64 Å². The van der Waals surface area contributed by atoms with Crippen LogP contribution in [0, 0.1) is 0 Å². The van der Waals surface area contributed by atoms with Crippen molar-refractivity contribution in [3.8, 4) is 11.1 Å². The highest BCUT2D eigenvalue weighted by Gasteiger charge is 2.27. The molecule has 0 aromatic heterocycles. The average Bonchev–Trinajstić information content (AvgIpc) is 3.27. The molecule has 0 bridgehead atoms. The Bertz CT molecular complexity index is 1380. The normalized spacial score (nSPS) is 13.6. The third-order valence-electron chi connectivity index (χ3n) is 5.89. The molecule has 0 unspecified atom stereocenters. The van der Waals surface area contributed by atoms with E-state index in [1.54, 1.807) is 12.1 Å². The number of aliphatic imine (C=N–C) groups is 1. The van der Waals surface area contributed by atoms with Crippen LogP contribution in [0.3, 0.4) is 0 Å². The maximum Gasteiger partial charge on any atom is 0.337 e. The Morgan fingerprint density at radius 1 is 0.735 bits per heavy atom. The lowest BCUT2D eigenvalue weighted by molar-refractivity contribution is 0.0600. The van der Waals surface area contributed by atoms with Crippen molar-refractivity contribution < 1.29 is 14.3 Å². The number of esters is 1. The molecule has 0 saturated heterocycles. The zero-order valence-corrected chi connectivity index (χ0v) is 18.6. The fourth-order valence-electron chi connectivity index (χ4n) is 4.09. The second kappa shape index (κ2) is 9.16. The number of rotatable bonds is 4. The molecule has 0 saturated carbocycles. The minimum absolute atomic E-state index is 0.303. The SMILES string of the molecule is COC(=O)c1ccc(N2Cc3ccccc3C2=NC(=O)c2ccc(-c3ccccc3)cc2)cc1. The van der Waals surface area contributed by atoms with Gasteiger partial charge in [-0.2, -0.15) is 4.99 Å². The summed E-state index contributed by atoms with van der Waals surface area (Å²) in [5, 5.41) is 0. The minimum atomic E-state index is -0.390. The molecule has 0 spiro atoms. The number of amidine groups is 1. The first-order valence-electron chi connectivity index (χ1n) is 11.0. The van der Waals surface area contributed by atoms with Crippen LogP contribution in [0.2, 0.25) is 0 Å². The third kappa shape index (κ3) is 4.11. The topological polar surface area (TPSA) is 59.0 Å². The van der Waals surface area contributed by atoms with Gasteiger partial charge in [0.1, 0.15) is 5.84 Å². The predicted octanol–water partition coefficient (Wildman–Crippen LogP) is 5.75. The van der Waals surface area contributed by atoms with E-state index in [0.29, 0.717) is 23.5 Å². The van der Waals surface area contributed by atoms with Gasteiger partial charge in [-0.25, -0.2) is 4.79 Å². The minimum Gasteiger partial charge on any atom is -0.465 e. The van der Waals surface area contributed by atoms with Crippen molar-refractivity contribution in [2.75, 3.05) is 12.0 Å².